The Bertz CT molecular complexity index is 444. The van der Waals surface area contributed by atoms with Gasteiger partial charge in [0.05, 0.1) is 10.2 Å². The zero-order chi connectivity index (χ0) is 14.7. The van der Waals surface area contributed by atoms with E-state index < -0.39 is 0 Å². The lowest BCUT2D eigenvalue weighted by Crippen LogP contribution is -2.34. The van der Waals surface area contributed by atoms with Gasteiger partial charge in [0.1, 0.15) is 11.9 Å². The summed E-state index contributed by atoms with van der Waals surface area (Å²) in [6.07, 6.45) is 2.80. The summed E-state index contributed by atoms with van der Waals surface area (Å²) in [7, 11) is 3.35. The predicted octanol–water partition coefficient (Wildman–Crippen LogP) is 3.21. The van der Waals surface area contributed by atoms with Gasteiger partial charge < -0.3 is 14.8 Å². The fourth-order valence-corrected chi connectivity index (χ4v) is 3.17. The molecule has 1 aliphatic rings. The first kappa shape index (κ1) is 15.8. The van der Waals surface area contributed by atoms with Crippen LogP contribution < -0.4 is 5.32 Å². The Kier molecular flexibility index (Phi) is 5.46. The molecule has 1 atom stereocenters. The summed E-state index contributed by atoms with van der Waals surface area (Å²) in [5.41, 5.74) is 1.11. The minimum absolute atomic E-state index is 0.116. The van der Waals surface area contributed by atoms with E-state index in [1.807, 2.05) is 4.68 Å². The van der Waals surface area contributed by atoms with Crippen molar-refractivity contribution in [3.05, 3.63) is 10.2 Å². The molecule has 0 fully saturated rings. The maximum absolute atomic E-state index is 5.42. The van der Waals surface area contributed by atoms with E-state index in [1.54, 1.807) is 14.2 Å². The number of anilines is 1. The van der Waals surface area contributed by atoms with Gasteiger partial charge in [-0.25, -0.2) is 4.68 Å². The van der Waals surface area contributed by atoms with Crippen LogP contribution in [0.3, 0.4) is 0 Å². The molecule has 20 heavy (non-hydrogen) atoms. The van der Waals surface area contributed by atoms with Crippen molar-refractivity contribution in [3.63, 3.8) is 0 Å². The van der Waals surface area contributed by atoms with E-state index in [2.05, 4.69) is 35.1 Å². The van der Waals surface area contributed by atoms with Crippen molar-refractivity contribution in [2.75, 3.05) is 26.1 Å². The van der Waals surface area contributed by atoms with Crippen molar-refractivity contribution in [3.8, 4) is 0 Å². The van der Waals surface area contributed by atoms with Gasteiger partial charge in [-0.3, -0.25) is 0 Å². The SMILES string of the molecule is COC(OC)C1CCNc2c(Br)c(CCC(C)C)nn21. The van der Waals surface area contributed by atoms with Crippen LogP contribution in [0.15, 0.2) is 4.47 Å². The lowest BCUT2D eigenvalue weighted by molar-refractivity contribution is -0.135. The maximum atomic E-state index is 5.42. The Morgan fingerprint density at radius 1 is 1.40 bits per heavy atom. The van der Waals surface area contributed by atoms with Crippen LogP contribution in [-0.2, 0) is 15.9 Å². The van der Waals surface area contributed by atoms with Gasteiger partial charge in [-0.2, -0.15) is 5.10 Å². The third kappa shape index (κ3) is 3.18. The first-order valence-corrected chi connectivity index (χ1v) is 7.94. The lowest BCUT2D eigenvalue weighted by Gasteiger charge is -2.30. The molecule has 0 bridgehead atoms. The summed E-state index contributed by atoms with van der Waals surface area (Å²) >= 11 is 3.68. The lowest BCUT2D eigenvalue weighted by atomic mass is 10.1. The number of fused-ring (bicyclic) bond motifs is 1. The highest BCUT2D eigenvalue weighted by Crippen LogP contribution is 2.35. The Balaban J connectivity index is 2.25. The van der Waals surface area contributed by atoms with E-state index >= 15 is 0 Å². The highest BCUT2D eigenvalue weighted by molar-refractivity contribution is 9.10. The van der Waals surface area contributed by atoms with E-state index in [9.17, 15) is 0 Å². The molecule has 114 valence electrons. The molecule has 1 aromatic heterocycles. The number of halogens is 1. The number of hydrogen-bond acceptors (Lipinski definition) is 4. The van der Waals surface area contributed by atoms with Crippen molar-refractivity contribution in [1.29, 1.82) is 0 Å². The summed E-state index contributed by atoms with van der Waals surface area (Å²) in [5.74, 6) is 1.72. The summed E-state index contributed by atoms with van der Waals surface area (Å²) < 4.78 is 13.9. The minimum Gasteiger partial charge on any atom is -0.369 e. The van der Waals surface area contributed by atoms with E-state index in [1.165, 1.54) is 0 Å². The van der Waals surface area contributed by atoms with Crippen LogP contribution in [0.2, 0.25) is 0 Å². The number of nitrogens with one attached hydrogen (secondary N) is 1. The molecule has 0 radical (unpaired) electrons. The summed E-state index contributed by atoms with van der Waals surface area (Å²) in [4.78, 5) is 0. The molecule has 1 aliphatic heterocycles. The van der Waals surface area contributed by atoms with Crippen LogP contribution in [0.4, 0.5) is 5.82 Å². The molecule has 0 saturated heterocycles. The molecule has 0 amide bonds. The molecule has 6 heteroatoms. The summed E-state index contributed by atoms with van der Waals surface area (Å²) in [6, 6.07) is 0.116. The third-order valence-electron chi connectivity index (χ3n) is 3.70. The van der Waals surface area contributed by atoms with Gasteiger partial charge in [0.2, 0.25) is 0 Å². The third-order valence-corrected chi connectivity index (χ3v) is 4.54. The van der Waals surface area contributed by atoms with Crippen molar-refractivity contribution >= 4 is 21.7 Å². The van der Waals surface area contributed by atoms with Gasteiger partial charge in [0.25, 0.3) is 0 Å². The summed E-state index contributed by atoms with van der Waals surface area (Å²) in [5, 5.41) is 8.18. The largest absolute Gasteiger partial charge is 0.369 e. The first-order valence-electron chi connectivity index (χ1n) is 7.14. The molecule has 1 aromatic rings. The van der Waals surface area contributed by atoms with E-state index in [-0.39, 0.29) is 12.3 Å². The number of methoxy groups -OCH3 is 2. The average Bonchev–Trinajstić information content (AvgIpc) is 2.76. The van der Waals surface area contributed by atoms with E-state index in [4.69, 9.17) is 14.6 Å². The molecule has 0 aliphatic carbocycles. The number of rotatable bonds is 6. The average molecular weight is 346 g/mol. The second-order valence-electron chi connectivity index (χ2n) is 5.61. The minimum atomic E-state index is -0.263. The number of aryl methyl sites for hydroxylation is 1. The number of ether oxygens (including phenoxy) is 2. The van der Waals surface area contributed by atoms with E-state index in [0.29, 0.717) is 5.92 Å². The van der Waals surface area contributed by atoms with Crippen LogP contribution in [0.25, 0.3) is 0 Å². The normalized spacial score (nSPS) is 18.4. The maximum Gasteiger partial charge on any atom is 0.179 e. The second-order valence-corrected chi connectivity index (χ2v) is 6.40. The molecule has 2 heterocycles. The van der Waals surface area contributed by atoms with Crippen LogP contribution in [0, 0.1) is 5.92 Å². The standard InChI is InChI=1S/C14H24BrN3O2/c1-9(2)5-6-10-12(15)13-16-8-7-11(18(13)17-10)14(19-3)20-4/h9,11,14,16H,5-8H2,1-4H3. The van der Waals surface area contributed by atoms with Crippen LogP contribution in [0.5, 0.6) is 0 Å². The van der Waals surface area contributed by atoms with Crippen molar-refractivity contribution in [2.24, 2.45) is 5.92 Å². The van der Waals surface area contributed by atoms with Gasteiger partial charge >= 0.3 is 0 Å². The van der Waals surface area contributed by atoms with Crippen molar-refractivity contribution in [2.45, 2.75) is 45.4 Å². The highest BCUT2D eigenvalue weighted by Gasteiger charge is 2.31. The quantitative estimate of drug-likeness (QED) is 0.804. The Morgan fingerprint density at radius 2 is 2.10 bits per heavy atom. The van der Waals surface area contributed by atoms with Gasteiger partial charge in [-0.1, -0.05) is 13.8 Å². The monoisotopic (exact) mass is 345 g/mol. The van der Waals surface area contributed by atoms with Crippen LogP contribution >= 0.6 is 15.9 Å². The molecule has 1 N–H and O–H groups in total. The van der Waals surface area contributed by atoms with Gasteiger partial charge in [-0.15, -0.1) is 0 Å². The van der Waals surface area contributed by atoms with Crippen molar-refractivity contribution in [1.82, 2.24) is 9.78 Å². The van der Waals surface area contributed by atoms with Gasteiger partial charge in [0, 0.05) is 20.8 Å². The smallest absolute Gasteiger partial charge is 0.179 e. The predicted molar refractivity (Wildman–Crippen MR) is 83.0 cm³/mol. The first-order chi connectivity index (χ1) is 9.58. The van der Waals surface area contributed by atoms with E-state index in [0.717, 1.165) is 41.8 Å². The molecule has 5 nitrogen and oxygen atoms in total. The fraction of sp³-hybridized carbons (Fsp3) is 0.786. The van der Waals surface area contributed by atoms with Gasteiger partial charge in [0.15, 0.2) is 6.29 Å². The number of hydrogen-bond donors (Lipinski definition) is 1. The number of aromatic nitrogens is 2. The summed E-state index contributed by atoms with van der Waals surface area (Å²) in [6.45, 7) is 5.37. The molecule has 0 spiro atoms. The molecule has 0 aromatic carbocycles. The Morgan fingerprint density at radius 3 is 2.70 bits per heavy atom. The molecule has 1 unspecified atom stereocenters. The second kappa shape index (κ2) is 6.91. The van der Waals surface area contributed by atoms with Gasteiger partial charge in [-0.05, 0) is 41.1 Å². The Hall–Kier alpha value is -0.590. The molecule has 0 saturated carbocycles. The fourth-order valence-electron chi connectivity index (χ4n) is 2.57. The van der Waals surface area contributed by atoms with Crippen LogP contribution in [-0.4, -0.2) is 36.8 Å². The molecular formula is C14H24BrN3O2. The zero-order valence-corrected chi connectivity index (χ0v) is 14.2. The van der Waals surface area contributed by atoms with Crippen LogP contribution in [0.1, 0.15) is 38.4 Å². The number of nitrogens with zero attached hydrogens (tertiary/aromatic N) is 2. The molecule has 2 rings (SSSR count). The highest BCUT2D eigenvalue weighted by atomic mass is 79.9. The zero-order valence-electron chi connectivity index (χ0n) is 12.6. The Labute approximate surface area is 129 Å². The van der Waals surface area contributed by atoms with Crippen molar-refractivity contribution < 1.29 is 9.47 Å². The molecular weight excluding hydrogens is 322 g/mol. The topological polar surface area (TPSA) is 48.3 Å².